The standard InChI is InChI=1S/C21H25NO2/c1-24-20-13-7-16(8-14-20)15-21(23)22-19-11-9-18(10-12-19)17-5-3-2-4-6-17/h2-8,13-14,18-19H,9-12,15H2,1H3,(H,22,23). The van der Waals surface area contributed by atoms with Crippen LogP contribution in [0.15, 0.2) is 54.6 Å². The SMILES string of the molecule is COc1ccc(CC(=O)NC2CCC(c3ccccc3)CC2)cc1. The highest BCUT2D eigenvalue weighted by Gasteiger charge is 2.23. The van der Waals surface area contributed by atoms with Crippen molar-refractivity contribution in [3.8, 4) is 5.75 Å². The van der Waals surface area contributed by atoms with Crippen LogP contribution >= 0.6 is 0 Å². The lowest BCUT2D eigenvalue weighted by Gasteiger charge is -2.29. The number of carbonyl (C=O) groups excluding carboxylic acids is 1. The molecule has 126 valence electrons. The van der Waals surface area contributed by atoms with Crippen molar-refractivity contribution in [2.75, 3.05) is 7.11 Å². The van der Waals surface area contributed by atoms with Crippen molar-refractivity contribution in [1.29, 1.82) is 0 Å². The van der Waals surface area contributed by atoms with Gasteiger partial charge in [0.1, 0.15) is 5.75 Å². The van der Waals surface area contributed by atoms with Crippen molar-refractivity contribution >= 4 is 5.91 Å². The van der Waals surface area contributed by atoms with Crippen molar-refractivity contribution in [3.63, 3.8) is 0 Å². The van der Waals surface area contributed by atoms with Gasteiger partial charge >= 0.3 is 0 Å². The Morgan fingerprint density at radius 3 is 2.29 bits per heavy atom. The molecule has 0 aromatic heterocycles. The molecule has 0 aliphatic heterocycles. The van der Waals surface area contributed by atoms with E-state index in [1.807, 2.05) is 24.3 Å². The number of benzene rings is 2. The van der Waals surface area contributed by atoms with E-state index in [4.69, 9.17) is 4.74 Å². The molecule has 1 aliphatic rings. The molecule has 2 aromatic rings. The lowest BCUT2D eigenvalue weighted by Crippen LogP contribution is -2.38. The Hall–Kier alpha value is -2.29. The number of ether oxygens (including phenoxy) is 1. The van der Waals surface area contributed by atoms with Crippen molar-refractivity contribution in [1.82, 2.24) is 5.32 Å². The Morgan fingerprint density at radius 1 is 1.00 bits per heavy atom. The third kappa shape index (κ3) is 4.38. The summed E-state index contributed by atoms with van der Waals surface area (Å²) in [7, 11) is 1.65. The maximum Gasteiger partial charge on any atom is 0.224 e. The van der Waals surface area contributed by atoms with Crippen molar-refractivity contribution in [2.24, 2.45) is 0 Å². The van der Waals surface area contributed by atoms with Crippen LogP contribution in [0.1, 0.15) is 42.7 Å². The predicted octanol–water partition coefficient (Wildman–Crippen LogP) is 4.08. The van der Waals surface area contributed by atoms with Crippen LogP contribution in [0.5, 0.6) is 5.75 Å². The van der Waals surface area contributed by atoms with Crippen LogP contribution in [0.4, 0.5) is 0 Å². The summed E-state index contributed by atoms with van der Waals surface area (Å²) in [5.74, 6) is 1.57. The summed E-state index contributed by atoms with van der Waals surface area (Å²) >= 11 is 0. The topological polar surface area (TPSA) is 38.3 Å². The van der Waals surface area contributed by atoms with E-state index in [0.717, 1.165) is 37.0 Å². The smallest absolute Gasteiger partial charge is 0.224 e. The molecule has 1 amide bonds. The van der Waals surface area contributed by atoms with Crippen LogP contribution in [-0.2, 0) is 11.2 Å². The average molecular weight is 323 g/mol. The molecule has 0 unspecified atom stereocenters. The number of nitrogens with one attached hydrogen (secondary N) is 1. The van der Waals surface area contributed by atoms with Gasteiger partial charge < -0.3 is 10.1 Å². The molecule has 2 aromatic carbocycles. The van der Waals surface area contributed by atoms with Crippen LogP contribution in [0.3, 0.4) is 0 Å². The Morgan fingerprint density at radius 2 is 1.67 bits per heavy atom. The molecule has 0 bridgehead atoms. The Kier molecular flexibility index (Phi) is 5.52. The summed E-state index contributed by atoms with van der Waals surface area (Å²) in [4.78, 5) is 12.2. The monoisotopic (exact) mass is 323 g/mol. The van der Waals surface area contributed by atoms with E-state index in [0.29, 0.717) is 18.4 Å². The van der Waals surface area contributed by atoms with Crippen LogP contribution in [-0.4, -0.2) is 19.1 Å². The molecule has 3 nitrogen and oxygen atoms in total. The van der Waals surface area contributed by atoms with Gasteiger partial charge in [0, 0.05) is 6.04 Å². The van der Waals surface area contributed by atoms with Gasteiger partial charge in [-0.05, 0) is 54.9 Å². The molecule has 1 aliphatic carbocycles. The first kappa shape index (κ1) is 16.6. The highest BCUT2D eigenvalue weighted by atomic mass is 16.5. The van der Waals surface area contributed by atoms with Gasteiger partial charge in [-0.15, -0.1) is 0 Å². The van der Waals surface area contributed by atoms with Gasteiger partial charge in [0.2, 0.25) is 5.91 Å². The fraction of sp³-hybridized carbons (Fsp3) is 0.381. The first-order chi connectivity index (χ1) is 11.7. The molecule has 3 rings (SSSR count). The number of rotatable bonds is 5. The molecule has 1 N–H and O–H groups in total. The minimum Gasteiger partial charge on any atom is -0.497 e. The fourth-order valence-electron chi connectivity index (χ4n) is 3.50. The highest BCUT2D eigenvalue weighted by Crippen LogP contribution is 2.32. The summed E-state index contributed by atoms with van der Waals surface area (Å²) < 4.78 is 5.14. The second-order valence-corrected chi connectivity index (χ2v) is 6.55. The third-order valence-corrected chi connectivity index (χ3v) is 4.89. The number of methoxy groups -OCH3 is 1. The summed E-state index contributed by atoms with van der Waals surface area (Å²) in [6, 6.07) is 18.7. The van der Waals surface area contributed by atoms with E-state index >= 15 is 0 Å². The van der Waals surface area contributed by atoms with Gasteiger partial charge in [0.15, 0.2) is 0 Å². The number of hydrogen-bond acceptors (Lipinski definition) is 2. The van der Waals surface area contributed by atoms with Crippen LogP contribution in [0.2, 0.25) is 0 Å². The minimum atomic E-state index is 0.114. The number of carbonyl (C=O) groups is 1. The normalized spacial score (nSPS) is 20.4. The second kappa shape index (κ2) is 8.00. The minimum absolute atomic E-state index is 0.114. The van der Waals surface area contributed by atoms with Gasteiger partial charge in [0.05, 0.1) is 13.5 Å². The largest absolute Gasteiger partial charge is 0.497 e. The maximum absolute atomic E-state index is 12.2. The summed E-state index contributed by atoms with van der Waals surface area (Å²) in [6.07, 6.45) is 4.86. The molecule has 0 spiro atoms. The van der Waals surface area contributed by atoms with E-state index in [1.165, 1.54) is 5.56 Å². The lowest BCUT2D eigenvalue weighted by atomic mass is 9.82. The average Bonchev–Trinajstić information content (AvgIpc) is 2.64. The van der Waals surface area contributed by atoms with Gasteiger partial charge in [-0.3, -0.25) is 4.79 Å². The van der Waals surface area contributed by atoms with Crippen molar-refractivity contribution in [2.45, 2.75) is 44.1 Å². The molecular weight excluding hydrogens is 298 g/mol. The summed E-state index contributed by atoms with van der Waals surface area (Å²) in [5, 5.41) is 3.20. The first-order valence-electron chi connectivity index (χ1n) is 8.72. The van der Waals surface area contributed by atoms with E-state index in [2.05, 4.69) is 35.6 Å². The summed E-state index contributed by atoms with van der Waals surface area (Å²) in [6.45, 7) is 0. The Bertz CT molecular complexity index is 643. The number of hydrogen-bond donors (Lipinski definition) is 1. The maximum atomic E-state index is 12.2. The molecule has 1 saturated carbocycles. The zero-order valence-electron chi connectivity index (χ0n) is 14.2. The van der Waals surface area contributed by atoms with E-state index in [-0.39, 0.29) is 5.91 Å². The molecule has 3 heteroatoms. The van der Waals surface area contributed by atoms with E-state index < -0.39 is 0 Å². The van der Waals surface area contributed by atoms with E-state index in [1.54, 1.807) is 7.11 Å². The Labute approximate surface area is 144 Å². The van der Waals surface area contributed by atoms with Crippen LogP contribution in [0, 0.1) is 0 Å². The molecular formula is C21H25NO2. The quantitative estimate of drug-likeness (QED) is 0.900. The molecule has 0 heterocycles. The predicted molar refractivity (Wildman–Crippen MR) is 96.3 cm³/mol. The van der Waals surface area contributed by atoms with Gasteiger partial charge in [-0.1, -0.05) is 42.5 Å². The zero-order chi connectivity index (χ0) is 16.8. The second-order valence-electron chi connectivity index (χ2n) is 6.55. The number of amides is 1. The molecule has 0 atom stereocenters. The van der Waals surface area contributed by atoms with Crippen molar-refractivity contribution < 1.29 is 9.53 Å². The first-order valence-corrected chi connectivity index (χ1v) is 8.72. The molecule has 0 saturated heterocycles. The van der Waals surface area contributed by atoms with Crippen LogP contribution < -0.4 is 10.1 Å². The van der Waals surface area contributed by atoms with Gasteiger partial charge in [-0.2, -0.15) is 0 Å². The molecule has 1 fully saturated rings. The van der Waals surface area contributed by atoms with Crippen LogP contribution in [0.25, 0.3) is 0 Å². The lowest BCUT2D eigenvalue weighted by molar-refractivity contribution is -0.121. The van der Waals surface area contributed by atoms with Gasteiger partial charge in [-0.25, -0.2) is 0 Å². The Balaban J connectivity index is 1.46. The third-order valence-electron chi connectivity index (χ3n) is 4.89. The van der Waals surface area contributed by atoms with Crippen molar-refractivity contribution in [3.05, 3.63) is 65.7 Å². The zero-order valence-corrected chi connectivity index (χ0v) is 14.2. The summed E-state index contributed by atoms with van der Waals surface area (Å²) in [5.41, 5.74) is 2.45. The fourth-order valence-corrected chi connectivity index (χ4v) is 3.50. The van der Waals surface area contributed by atoms with Gasteiger partial charge in [0.25, 0.3) is 0 Å². The molecule has 24 heavy (non-hydrogen) atoms. The highest BCUT2D eigenvalue weighted by molar-refractivity contribution is 5.78. The molecule has 0 radical (unpaired) electrons. The van der Waals surface area contributed by atoms with E-state index in [9.17, 15) is 4.79 Å².